The zero-order valence-corrected chi connectivity index (χ0v) is 12.1. The van der Waals surface area contributed by atoms with E-state index >= 15 is 0 Å². The monoisotopic (exact) mass is 338 g/mol. The molecule has 2 aromatic carbocycles. The molecule has 1 heterocycles. The molecule has 16 heavy (non-hydrogen) atoms. The second kappa shape index (κ2) is 3.60. The third-order valence-electron chi connectivity index (χ3n) is 3.01. The minimum Gasteiger partial charge on any atom is -0.458 e. The number of hydrogen-bond donors (Lipinski definition) is 0. The van der Waals surface area contributed by atoms with Gasteiger partial charge in [-0.25, -0.2) is 0 Å². The lowest BCUT2D eigenvalue weighted by atomic mass is 10.3. The number of para-hydroxylation sites is 2. The Labute approximate surface area is 109 Å². The summed E-state index contributed by atoms with van der Waals surface area (Å²) in [6.45, 7) is 2.37. The Kier molecular flexibility index (Phi) is 2.33. The van der Waals surface area contributed by atoms with E-state index in [0.717, 1.165) is 11.5 Å². The fourth-order valence-corrected chi connectivity index (χ4v) is 7.13. The Morgan fingerprint density at radius 1 is 0.875 bits per heavy atom. The van der Waals surface area contributed by atoms with Crippen LogP contribution in [0.2, 0.25) is 6.55 Å². The van der Waals surface area contributed by atoms with Crippen LogP contribution in [0.4, 0.5) is 0 Å². The molecule has 0 aromatic heterocycles. The van der Waals surface area contributed by atoms with Crippen LogP contribution in [0.15, 0.2) is 48.5 Å². The minimum atomic E-state index is -1.59. The van der Waals surface area contributed by atoms with Crippen LogP contribution in [-0.4, -0.2) is 5.57 Å². The van der Waals surface area contributed by atoms with Crippen LogP contribution < -0.4 is 15.1 Å². The maximum absolute atomic E-state index is 5.94. The molecule has 3 rings (SSSR count). The van der Waals surface area contributed by atoms with Gasteiger partial charge in [-0.1, -0.05) is 42.9 Å². The highest BCUT2D eigenvalue weighted by molar-refractivity contribution is 14.1. The van der Waals surface area contributed by atoms with E-state index in [4.69, 9.17) is 4.74 Å². The van der Waals surface area contributed by atoms with Gasteiger partial charge in [0.05, 0.1) is 0 Å². The molecule has 0 fully saturated rings. The molecule has 0 saturated heterocycles. The molecule has 0 spiro atoms. The third-order valence-corrected chi connectivity index (χ3v) is 9.34. The fraction of sp³-hybridized carbons (Fsp3) is 0.0769. The topological polar surface area (TPSA) is 9.23 Å². The molecule has 0 aliphatic carbocycles. The van der Waals surface area contributed by atoms with Crippen molar-refractivity contribution in [2.75, 3.05) is 0 Å². The number of rotatable bonds is 0. The van der Waals surface area contributed by atoms with Crippen LogP contribution in [0.5, 0.6) is 11.5 Å². The lowest BCUT2D eigenvalue weighted by Gasteiger charge is -2.30. The molecule has 0 N–H and O–H groups in total. The predicted octanol–water partition coefficient (Wildman–Crippen LogP) is 2.92. The summed E-state index contributed by atoms with van der Waals surface area (Å²) < 4.78 is 5.94. The summed E-state index contributed by atoms with van der Waals surface area (Å²) in [6.07, 6.45) is 0. The minimum absolute atomic E-state index is 1.03. The molecule has 0 unspecified atom stereocenters. The van der Waals surface area contributed by atoms with Crippen molar-refractivity contribution in [3.05, 3.63) is 48.5 Å². The van der Waals surface area contributed by atoms with Crippen LogP contribution in [0.25, 0.3) is 0 Å². The van der Waals surface area contributed by atoms with Gasteiger partial charge in [0.25, 0.3) is 0 Å². The van der Waals surface area contributed by atoms with Crippen molar-refractivity contribution >= 4 is 37.7 Å². The SMILES string of the molecule is C[Si]1(I)c2ccccc2Oc2ccccc21. The van der Waals surface area contributed by atoms with Gasteiger partial charge in [-0.3, -0.25) is 0 Å². The van der Waals surface area contributed by atoms with E-state index in [1.807, 2.05) is 12.1 Å². The zero-order valence-electron chi connectivity index (χ0n) is 8.91. The molecular formula is C13H11IOSi. The smallest absolute Gasteiger partial charge is 0.191 e. The molecule has 0 atom stereocenters. The van der Waals surface area contributed by atoms with E-state index in [0.29, 0.717) is 0 Å². The fourth-order valence-electron chi connectivity index (χ4n) is 2.15. The van der Waals surface area contributed by atoms with Crippen LogP contribution in [0, 0.1) is 0 Å². The highest BCUT2D eigenvalue weighted by atomic mass is 127. The van der Waals surface area contributed by atoms with Crippen molar-refractivity contribution < 1.29 is 4.74 Å². The normalized spacial score (nSPS) is 15.9. The van der Waals surface area contributed by atoms with Gasteiger partial charge < -0.3 is 4.74 Å². The van der Waals surface area contributed by atoms with Crippen LogP contribution in [-0.2, 0) is 0 Å². The Hall–Kier alpha value is -0.813. The average Bonchev–Trinajstić information content (AvgIpc) is 2.29. The van der Waals surface area contributed by atoms with Crippen molar-refractivity contribution in [1.29, 1.82) is 0 Å². The van der Waals surface area contributed by atoms with Gasteiger partial charge >= 0.3 is 0 Å². The van der Waals surface area contributed by atoms with Crippen LogP contribution in [0.3, 0.4) is 0 Å². The number of fused-ring (bicyclic) bond motifs is 2. The molecular weight excluding hydrogens is 327 g/mol. The first-order valence-electron chi connectivity index (χ1n) is 5.25. The van der Waals surface area contributed by atoms with Gasteiger partial charge in [-0.2, -0.15) is 0 Å². The van der Waals surface area contributed by atoms with Gasteiger partial charge in [-0.05, 0) is 22.5 Å². The Morgan fingerprint density at radius 2 is 1.31 bits per heavy atom. The van der Waals surface area contributed by atoms with E-state index in [1.54, 1.807) is 0 Å². The number of benzene rings is 2. The van der Waals surface area contributed by atoms with Gasteiger partial charge in [0.15, 0.2) is 5.57 Å². The van der Waals surface area contributed by atoms with Crippen molar-refractivity contribution in [1.82, 2.24) is 0 Å². The largest absolute Gasteiger partial charge is 0.458 e. The highest BCUT2D eigenvalue weighted by Gasteiger charge is 2.37. The average molecular weight is 338 g/mol. The second-order valence-corrected chi connectivity index (χ2v) is 13.7. The van der Waals surface area contributed by atoms with Gasteiger partial charge in [-0.15, -0.1) is 21.8 Å². The molecule has 0 radical (unpaired) electrons. The van der Waals surface area contributed by atoms with Crippen LogP contribution >= 0.6 is 21.8 Å². The van der Waals surface area contributed by atoms with Crippen molar-refractivity contribution in [3.63, 3.8) is 0 Å². The molecule has 0 saturated carbocycles. The summed E-state index contributed by atoms with van der Waals surface area (Å²) in [4.78, 5) is 0. The Balaban J connectivity index is 2.28. The van der Waals surface area contributed by atoms with Gasteiger partial charge in [0, 0.05) is 0 Å². The molecule has 80 valence electrons. The summed E-state index contributed by atoms with van der Waals surface area (Å²) in [6, 6.07) is 16.8. The Morgan fingerprint density at radius 3 is 1.81 bits per heavy atom. The first-order valence-corrected chi connectivity index (χ1v) is 10.9. The van der Waals surface area contributed by atoms with E-state index < -0.39 is 5.57 Å². The summed E-state index contributed by atoms with van der Waals surface area (Å²) in [5, 5.41) is 2.77. The van der Waals surface area contributed by atoms with E-state index in [1.165, 1.54) is 10.4 Å². The molecule has 0 amide bonds. The number of halogens is 1. The third kappa shape index (κ3) is 1.42. The van der Waals surface area contributed by atoms with E-state index in [-0.39, 0.29) is 0 Å². The molecule has 2 aromatic rings. The predicted molar refractivity (Wildman–Crippen MR) is 77.9 cm³/mol. The van der Waals surface area contributed by atoms with Gasteiger partial charge in [0.1, 0.15) is 11.5 Å². The quantitative estimate of drug-likeness (QED) is 0.408. The van der Waals surface area contributed by atoms with Crippen molar-refractivity contribution in [2.24, 2.45) is 0 Å². The summed E-state index contributed by atoms with van der Waals surface area (Å²) >= 11 is 2.63. The lowest BCUT2D eigenvalue weighted by Crippen LogP contribution is -2.53. The lowest BCUT2D eigenvalue weighted by molar-refractivity contribution is 0.487. The van der Waals surface area contributed by atoms with Crippen molar-refractivity contribution in [3.8, 4) is 11.5 Å². The summed E-state index contributed by atoms with van der Waals surface area (Å²) in [5.41, 5.74) is -1.59. The zero-order chi connectivity index (χ0) is 11.2. The standard InChI is InChI=1S/C13H11IOSi/c1-16(14)12-8-4-2-6-10(12)15-11-7-3-5-9-13(11)16/h2-9H,1H3. The molecule has 0 bridgehead atoms. The maximum Gasteiger partial charge on any atom is 0.191 e. The molecule has 1 aliphatic rings. The summed E-state index contributed by atoms with van der Waals surface area (Å²) in [5.74, 6) is 2.06. The van der Waals surface area contributed by atoms with Crippen molar-refractivity contribution in [2.45, 2.75) is 6.55 Å². The second-order valence-electron chi connectivity index (χ2n) is 4.10. The maximum atomic E-state index is 5.94. The van der Waals surface area contributed by atoms with Crippen LogP contribution in [0.1, 0.15) is 0 Å². The van der Waals surface area contributed by atoms with E-state index in [9.17, 15) is 0 Å². The van der Waals surface area contributed by atoms with Gasteiger partial charge in [0.2, 0.25) is 0 Å². The Bertz CT molecular complexity index is 504. The molecule has 1 nitrogen and oxygen atoms in total. The first kappa shape index (κ1) is 10.3. The highest BCUT2D eigenvalue weighted by Crippen LogP contribution is 2.31. The number of ether oxygens (including phenoxy) is 1. The first-order chi connectivity index (χ1) is 7.69. The number of hydrogen-bond acceptors (Lipinski definition) is 1. The molecule has 3 heteroatoms. The van der Waals surface area contributed by atoms with E-state index in [2.05, 4.69) is 64.7 Å². The molecule has 1 aliphatic heterocycles. The summed E-state index contributed by atoms with van der Waals surface area (Å²) in [7, 11) is 0.